The Morgan fingerprint density at radius 2 is 1.59 bits per heavy atom. The molecule has 0 saturated carbocycles. The van der Waals surface area contributed by atoms with E-state index in [4.69, 9.17) is 28.3 Å². The van der Waals surface area contributed by atoms with Crippen LogP contribution in [0.25, 0.3) is 0 Å². The summed E-state index contributed by atoms with van der Waals surface area (Å²) in [5, 5.41) is 9.38. The molecule has 0 saturated heterocycles. The number of alkyl halides is 1. The zero-order chi connectivity index (χ0) is 13.3. The minimum absolute atomic E-state index is 0.491. The molecule has 0 aliphatic carbocycles. The number of aliphatic hydroxyl groups excluding tert-OH is 1. The Morgan fingerprint density at radius 1 is 1.12 bits per heavy atom. The van der Waals surface area contributed by atoms with Crippen molar-refractivity contribution in [3.05, 3.63) is 34.9 Å². The fraction of sp³-hybridized carbons (Fsp3) is 0.538. The van der Waals surface area contributed by atoms with E-state index in [1.54, 1.807) is 24.3 Å². The van der Waals surface area contributed by atoms with Crippen LogP contribution in [-0.2, 0) is 0 Å². The summed E-state index contributed by atoms with van der Waals surface area (Å²) in [6.07, 6.45) is 0. The van der Waals surface area contributed by atoms with Crippen molar-refractivity contribution in [1.82, 2.24) is 4.90 Å². The Kier molecular flexibility index (Phi) is 9.56. The topological polar surface area (TPSA) is 23.5 Å². The largest absolute Gasteiger partial charge is 0.373 e. The van der Waals surface area contributed by atoms with Crippen LogP contribution in [0.3, 0.4) is 0 Å². The molecule has 1 atom stereocenters. The van der Waals surface area contributed by atoms with E-state index in [9.17, 15) is 0 Å². The summed E-state index contributed by atoms with van der Waals surface area (Å²) in [5.41, 5.74) is -0.459. The molecular formula is C13H21Cl2NO. The summed E-state index contributed by atoms with van der Waals surface area (Å²) in [6, 6.07) is 6.92. The van der Waals surface area contributed by atoms with Crippen LogP contribution < -0.4 is 0 Å². The first-order chi connectivity index (χ1) is 8.06. The Labute approximate surface area is 114 Å². The Balaban J connectivity index is 0.000000325. The van der Waals surface area contributed by atoms with E-state index in [-0.39, 0.29) is 0 Å². The SMILES string of the molecule is CCN(CC)CC.OC(Cl)c1ccccc1Cl. The van der Waals surface area contributed by atoms with Crippen LogP contribution in [0.1, 0.15) is 31.9 Å². The molecule has 0 heterocycles. The molecule has 98 valence electrons. The number of benzene rings is 1. The monoisotopic (exact) mass is 277 g/mol. The molecule has 1 aromatic rings. The van der Waals surface area contributed by atoms with Crippen molar-refractivity contribution in [2.75, 3.05) is 19.6 Å². The van der Waals surface area contributed by atoms with E-state index in [2.05, 4.69) is 25.7 Å². The highest BCUT2D eigenvalue weighted by Crippen LogP contribution is 2.24. The number of rotatable bonds is 4. The standard InChI is InChI=1S/C7H6Cl2O.C6H15N/c8-6-4-2-1-3-5(6)7(9)10;1-4-7(5-2)6-3/h1-4,7,10H;4-6H2,1-3H3. The first-order valence-electron chi connectivity index (χ1n) is 5.85. The van der Waals surface area contributed by atoms with Gasteiger partial charge in [0.1, 0.15) is 0 Å². The van der Waals surface area contributed by atoms with E-state index in [1.807, 2.05) is 0 Å². The van der Waals surface area contributed by atoms with Gasteiger partial charge < -0.3 is 10.0 Å². The third-order valence-corrected chi connectivity index (χ3v) is 3.08. The number of hydrogen-bond donors (Lipinski definition) is 1. The fourth-order valence-corrected chi connectivity index (χ4v) is 1.82. The molecule has 1 rings (SSSR count). The molecule has 0 fully saturated rings. The first-order valence-corrected chi connectivity index (χ1v) is 6.67. The Bertz CT molecular complexity index is 296. The predicted octanol–water partition coefficient (Wildman–Crippen LogP) is 3.92. The average Bonchev–Trinajstić information content (AvgIpc) is 2.32. The molecule has 1 unspecified atom stereocenters. The highest BCUT2D eigenvalue weighted by Gasteiger charge is 2.05. The molecule has 1 N–H and O–H groups in total. The molecule has 0 bridgehead atoms. The van der Waals surface area contributed by atoms with Crippen LogP contribution in [-0.4, -0.2) is 29.6 Å². The van der Waals surface area contributed by atoms with Crippen LogP contribution >= 0.6 is 23.2 Å². The lowest BCUT2D eigenvalue weighted by Gasteiger charge is -2.13. The first kappa shape index (κ1) is 16.7. The molecule has 0 radical (unpaired) electrons. The maximum absolute atomic E-state index is 8.89. The second kappa shape index (κ2) is 9.72. The van der Waals surface area contributed by atoms with Crippen LogP contribution in [0.2, 0.25) is 5.02 Å². The van der Waals surface area contributed by atoms with Gasteiger partial charge in [-0.05, 0) is 25.7 Å². The summed E-state index contributed by atoms with van der Waals surface area (Å²) in [5.74, 6) is 0. The van der Waals surface area contributed by atoms with Crippen molar-refractivity contribution in [2.24, 2.45) is 0 Å². The zero-order valence-corrected chi connectivity index (χ0v) is 12.2. The van der Waals surface area contributed by atoms with Gasteiger partial charge in [-0.25, -0.2) is 0 Å². The molecule has 4 heteroatoms. The number of hydrogen-bond acceptors (Lipinski definition) is 2. The smallest absolute Gasteiger partial charge is 0.154 e. The van der Waals surface area contributed by atoms with E-state index in [1.165, 1.54) is 19.6 Å². The summed E-state index contributed by atoms with van der Waals surface area (Å²) in [7, 11) is 0. The molecule has 0 aliphatic rings. The molecule has 0 aliphatic heterocycles. The van der Waals surface area contributed by atoms with Crippen molar-refractivity contribution in [3.8, 4) is 0 Å². The van der Waals surface area contributed by atoms with E-state index < -0.39 is 5.56 Å². The molecule has 17 heavy (non-hydrogen) atoms. The maximum atomic E-state index is 8.89. The van der Waals surface area contributed by atoms with Gasteiger partial charge in [-0.1, -0.05) is 62.2 Å². The fourth-order valence-electron chi connectivity index (χ4n) is 1.34. The minimum atomic E-state index is -1.01. The van der Waals surface area contributed by atoms with Crippen molar-refractivity contribution in [1.29, 1.82) is 0 Å². The molecule has 1 aromatic carbocycles. The molecule has 0 spiro atoms. The summed E-state index contributed by atoms with van der Waals surface area (Å²) < 4.78 is 0. The Hall–Kier alpha value is -0.280. The Morgan fingerprint density at radius 3 is 1.82 bits per heavy atom. The van der Waals surface area contributed by atoms with Crippen molar-refractivity contribution >= 4 is 23.2 Å². The van der Waals surface area contributed by atoms with Crippen LogP contribution in [0, 0.1) is 0 Å². The summed E-state index contributed by atoms with van der Waals surface area (Å²) in [4.78, 5) is 2.38. The number of nitrogens with zero attached hydrogens (tertiary/aromatic N) is 1. The van der Waals surface area contributed by atoms with Gasteiger partial charge in [-0.3, -0.25) is 0 Å². The molecule has 0 amide bonds. The lowest BCUT2D eigenvalue weighted by Crippen LogP contribution is -2.21. The second-order valence-corrected chi connectivity index (χ2v) is 4.30. The van der Waals surface area contributed by atoms with Crippen LogP contribution in [0.4, 0.5) is 0 Å². The van der Waals surface area contributed by atoms with Gasteiger partial charge in [0, 0.05) is 10.6 Å². The van der Waals surface area contributed by atoms with Gasteiger partial charge in [0.15, 0.2) is 5.56 Å². The number of aliphatic hydroxyl groups is 1. The van der Waals surface area contributed by atoms with Gasteiger partial charge in [0.2, 0.25) is 0 Å². The minimum Gasteiger partial charge on any atom is -0.373 e. The summed E-state index contributed by atoms with van der Waals surface area (Å²) >= 11 is 11.1. The quantitative estimate of drug-likeness (QED) is 0.844. The van der Waals surface area contributed by atoms with Crippen molar-refractivity contribution in [2.45, 2.75) is 26.3 Å². The van der Waals surface area contributed by atoms with E-state index in [0.29, 0.717) is 10.6 Å². The zero-order valence-electron chi connectivity index (χ0n) is 10.7. The highest BCUT2D eigenvalue weighted by atomic mass is 35.5. The lowest BCUT2D eigenvalue weighted by atomic mass is 10.2. The van der Waals surface area contributed by atoms with Gasteiger partial charge in [0.25, 0.3) is 0 Å². The summed E-state index contributed by atoms with van der Waals surface area (Å²) in [6.45, 7) is 10.1. The van der Waals surface area contributed by atoms with Gasteiger partial charge >= 0.3 is 0 Å². The molecular weight excluding hydrogens is 257 g/mol. The van der Waals surface area contributed by atoms with Crippen LogP contribution in [0.15, 0.2) is 24.3 Å². The molecule has 2 nitrogen and oxygen atoms in total. The normalized spacial score (nSPS) is 11.9. The van der Waals surface area contributed by atoms with E-state index >= 15 is 0 Å². The highest BCUT2D eigenvalue weighted by molar-refractivity contribution is 6.32. The predicted molar refractivity (Wildman–Crippen MR) is 75.7 cm³/mol. The molecule has 0 aromatic heterocycles. The van der Waals surface area contributed by atoms with E-state index in [0.717, 1.165) is 0 Å². The van der Waals surface area contributed by atoms with Gasteiger partial charge in [-0.2, -0.15) is 0 Å². The number of halogens is 2. The van der Waals surface area contributed by atoms with Gasteiger partial charge in [-0.15, -0.1) is 0 Å². The average molecular weight is 278 g/mol. The maximum Gasteiger partial charge on any atom is 0.154 e. The third-order valence-electron chi connectivity index (χ3n) is 2.50. The third kappa shape index (κ3) is 6.89. The van der Waals surface area contributed by atoms with Crippen molar-refractivity contribution in [3.63, 3.8) is 0 Å². The van der Waals surface area contributed by atoms with Crippen LogP contribution in [0.5, 0.6) is 0 Å². The second-order valence-electron chi connectivity index (χ2n) is 3.48. The van der Waals surface area contributed by atoms with Crippen molar-refractivity contribution < 1.29 is 5.11 Å². The lowest BCUT2D eigenvalue weighted by molar-refractivity contribution is 0.263. The van der Waals surface area contributed by atoms with Gasteiger partial charge in [0.05, 0.1) is 0 Å².